The molecule has 0 fully saturated rings. The number of rotatable bonds is 1. The Morgan fingerprint density at radius 1 is 1.22 bits per heavy atom. The van der Waals surface area contributed by atoms with Crippen molar-refractivity contribution in [3.63, 3.8) is 0 Å². The van der Waals surface area contributed by atoms with Gasteiger partial charge in [-0.25, -0.2) is 0 Å². The normalized spacial score (nSPS) is 13.5. The third kappa shape index (κ3) is 2.71. The molecule has 0 aromatic heterocycles. The fourth-order valence-corrected chi connectivity index (χ4v) is 2.64. The standard InChI is InChI=1S/C15H22O.C2H6/c1-6-11-10(2)9-13(15(3,4)5)14-12(11)7-8-16-14;1-2/h9H,6-8H2,1-5H3;1-2H3. The summed E-state index contributed by atoms with van der Waals surface area (Å²) in [6.07, 6.45) is 2.20. The highest BCUT2D eigenvalue weighted by molar-refractivity contribution is 5.54. The Hall–Kier alpha value is -0.980. The monoisotopic (exact) mass is 248 g/mol. The molecule has 0 bridgehead atoms. The van der Waals surface area contributed by atoms with Gasteiger partial charge in [0.15, 0.2) is 0 Å². The van der Waals surface area contributed by atoms with Crippen LogP contribution in [-0.4, -0.2) is 6.61 Å². The predicted molar refractivity (Wildman–Crippen MR) is 79.8 cm³/mol. The third-order valence-corrected chi connectivity index (χ3v) is 3.48. The number of aryl methyl sites for hydroxylation is 1. The van der Waals surface area contributed by atoms with Gasteiger partial charge in [0, 0.05) is 17.5 Å². The zero-order chi connectivity index (χ0) is 13.9. The largest absolute Gasteiger partial charge is 0.493 e. The quantitative estimate of drug-likeness (QED) is 0.692. The molecule has 1 aliphatic rings. The van der Waals surface area contributed by atoms with Crippen LogP contribution in [0.2, 0.25) is 0 Å². The Labute approximate surface area is 113 Å². The molecule has 1 aromatic carbocycles. The summed E-state index contributed by atoms with van der Waals surface area (Å²) in [7, 11) is 0. The molecule has 0 spiro atoms. The van der Waals surface area contributed by atoms with Crippen molar-refractivity contribution in [2.45, 2.75) is 66.7 Å². The van der Waals surface area contributed by atoms with Crippen LogP contribution in [0.1, 0.15) is 63.8 Å². The van der Waals surface area contributed by atoms with Crippen LogP contribution in [0, 0.1) is 6.92 Å². The zero-order valence-corrected chi connectivity index (χ0v) is 13.1. The van der Waals surface area contributed by atoms with Gasteiger partial charge < -0.3 is 4.74 Å². The summed E-state index contributed by atoms with van der Waals surface area (Å²) in [6, 6.07) is 2.32. The summed E-state index contributed by atoms with van der Waals surface area (Å²) in [4.78, 5) is 0. The molecule has 1 heterocycles. The van der Waals surface area contributed by atoms with Crippen molar-refractivity contribution in [2.75, 3.05) is 6.61 Å². The number of ether oxygens (including phenoxy) is 1. The summed E-state index contributed by atoms with van der Waals surface area (Å²) in [6.45, 7) is 16.1. The lowest BCUT2D eigenvalue weighted by Crippen LogP contribution is -2.14. The van der Waals surface area contributed by atoms with Crippen LogP contribution in [0.4, 0.5) is 0 Å². The lowest BCUT2D eigenvalue weighted by Gasteiger charge is -2.24. The Balaban J connectivity index is 0.000000771. The van der Waals surface area contributed by atoms with E-state index in [9.17, 15) is 0 Å². The smallest absolute Gasteiger partial charge is 0.126 e. The topological polar surface area (TPSA) is 9.23 Å². The van der Waals surface area contributed by atoms with Gasteiger partial charge in [0.2, 0.25) is 0 Å². The summed E-state index contributed by atoms with van der Waals surface area (Å²) in [5.41, 5.74) is 5.94. The fourth-order valence-electron chi connectivity index (χ4n) is 2.64. The van der Waals surface area contributed by atoms with Crippen molar-refractivity contribution in [1.29, 1.82) is 0 Å². The zero-order valence-electron chi connectivity index (χ0n) is 13.1. The van der Waals surface area contributed by atoms with E-state index < -0.39 is 0 Å². The second kappa shape index (κ2) is 5.77. The first kappa shape index (κ1) is 15.1. The van der Waals surface area contributed by atoms with E-state index in [0.717, 1.165) is 19.4 Å². The van der Waals surface area contributed by atoms with Gasteiger partial charge in [0.25, 0.3) is 0 Å². The van der Waals surface area contributed by atoms with Crippen molar-refractivity contribution < 1.29 is 4.74 Å². The molecule has 0 saturated carbocycles. The van der Waals surface area contributed by atoms with Gasteiger partial charge in [-0.05, 0) is 29.9 Å². The van der Waals surface area contributed by atoms with Crippen molar-refractivity contribution in [2.24, 2.45) is 0 Å². The molecule has 2 rings (SSSR count). The molecule has 1 heteroatoms. The van der Waals surface area contributed by atoms with Crippen LogP contribution in [0.15, 0.2) is 6.07 Å². The molecule has 1 aromatic rings. The molecular weight excluding hydrogens is 220 g/mol. The molecule has 0 unspecified atom stereocenters. The number of benzene rings is 1. The molecule has 0 atom stereocenters. The van der Waals surface area contributed by atoms with Crippen molar-refractivity contribution in [3.05, 3.63) is 28.3 Å². The van der Waals surface area contributed by atoms with E-state index in [1.807, 2.05) is 13.8 Å². The summed E-state index contributed by atoms with van der Waals surface area (Å²) in [5.74, 6) is 1.18. The minimum Gasteiger partial charge on any atom is -0.493 e. The molecular formula is C17H28O. The Morgan fingerprint density at radius 3 is 2.33 bits per heavy atom. The van der Waals surface area contributed by atoms with E-state index in [-0.39, 0.29) is 5.41 Å². The van der Waals surface area contributed by atoms with Crippen molar-refractivity contribution in [3.8, 4) is 5.75 Å². The fraction of sp³-hybridized carbons (Fsp3) is 0.647. The minimum absolute atomic E-state index is 0.172. The van der Waals surface area contributed by atoms with Crippen LogP contribution >= 0.6 is 0 Å². The van der Waals surface area contributed by atoms with E-state index in [0.29, 0.717) is 0 Å². The molecule has 1 nitrogen and oxygen atoms in total. The van der Waals surface area contributed by atoms with Gasteiger partial charge in [-0.15, -0.1) is 0 Å². The SMILES string of the molecule is CC.CCc1c(C)cc(C(C)(C)C)c2c1CCO2. The van der Waals surface area contributed by atoms with E-state index in [2.05, 4.69) is 40.7 Å². The van der Waals surface area contributed by atoms with Crippen LogP contribution in [-0.2, 0) is 18.3 Å². The van der Waals surface area contributed by atoms with Crippen LogP contribution in [0.5, 0.6) is 5.75 Å². The molecule has 0 radical (unpaired) electrons. The number of hydrogen-bond donors (Lipinski definition) is 0. The van der Waals surface area contributed by atoms with E-state index in [4.69, 9.17) is 4.74 Å². The number of fused-ring (bicyclic) bond motifs is 1. The molecule has 0 saturated heterocycles. The number of hydrogen-bond acceptors (Lipinski definition) is 1. The van der Waals surface area contributed by atoms with Crippen molar-refractivity contribution >= 4 is 0 Å². The first-order valence-electron chi connectivity index (χ1n) is 7.23. The van der Waals surface area contributed by atoms with Gasteiger partial charge in [-0.3, -0.25) is 0 Å². The van der Waals surface area contributed by atoms with Gasteiger partial charge in [-0.2, -0.15) is 0 Å². The predicted octanol–water partition coefficient (Wildman–Crippen LogP) is 4.82. The lowest BCUT2D eigenvalue weighted by molar-refractivity contribution is 0.347. The van der Waals surface area contributed by atoms with Crippen LogP contribution < -0.4 is 4.74 Å². The molecule has 102 valence electrons. The molecule has 18 heavy (non-hydrogen) atoms. The molecule has 0 N–H and O–H groups in total. The second-order valence-electron chi connectivity index (χ2n) is 5.73. The average molecular weight is 248 g/mol. The van der Waals surface area contributed by atoms with Crippen LogP contribution in [0.25, 0.3) is 0 Å². The molecule has 0 amide bonds. The van der Waals surface area contributed by atoms with Gasteiger partial charge in [0.1, 0.15) is 5.75 Å². The highest BCUT2D eigenvalue weighted by Gasteiger charge is 2.27. The Bertz CT molecular complexity index is 411. The second-order valence-corrected chi connectivity index (χ2v) is 5.73. The van der Waals surface area contributed by atoms with Gasteiger partial charge in [0.05, 0.1) is 6.61 Å². The first-order valence-corrected chi connectivity index (χ1v) is 7.23. The van der Waals surface area contributed by atoms with Gasteiger partial charge >= 0.3 is 0 Å². The van der Waals surface area contributed by atoms with Gasteiger partial charge in [-0.1, -0.05) is 47.6 Å². The third-order valence-electron chi connectivity index (χ3n) is 3.48. The lowest BCUT2D eigenvalue weighted by atomic mass is 9.82. The van der Waals surface area contributed by atoms with E-state index in [1.165, 1.54) is 28.0 Å². The Morgan fingerprint density at radius 2 is 1.83 bits per heavy atom. The highest BCUT2D eigenvalue weighted by Crippen LogP contribution is 2.40. The summed E-state index contributed by atoms with van der Waals surface area (Å²) >= 11 is 0. The first-order chi connectivity index (χ1) is 8.45. The van der Waals surface area contributed by atoms with E-state index in [1.54, 1.807) is 0 Å². The summed E-state index contributed by atoms with van der Waals surface area (Å²) < 4.78 is 5.85. The average Bonchev–Trinajstić information content (AvgIpc) is 2.78. The van der Waals surface area contributed by atoms with Crippen molar-refractivity contribution in [1.82, 2.24) is 0 Å². The molecule has 0 aliphatic carbocycles. The van der Waals surface area contributed by atoms with Crippen LogP contribution in [0.3, 0.4) is 0 Å². The maximum Gasteiger partial charge on any atom is 0.126 e. The maximum atomic E-state index is 5.85. The van der Waals surface area contributed by atoms with E-state index >= 15 is 0 Å². The Kier molecular flexibility index (Phi) is 4.84. The molecule has 1 aliphatic heterocycles. The minimum atomic E-state index is 0.172. The highest BCUT2D eigenvalue weighted by atomic mass is 16.5. The summed E-state index contributed by atoms with van der Waals surface area (Å²) in [5, 5.41) is 0. The maximum absolute atomic E-state index is 5.85.